The number of rotatable bonds is 9. The summed E-state index contributed by atoms with van der Waals surface area (Å²) in [5, 5.41) is 4.34. The molecule has 4 heteroatoms. The molecule has 0 aromatic carbocycles. The molecule has 1 aromatic heterocycles. The molecule has 1 aromatic rings. The number of nitrogens with one attached hydrogen (secondary N) is 1. The molecule has 0 amide bonds. The molecule has 1 heterocycles. The van der Waals surface area contributed by atoms with Gasteiger partial charge in [0, 0.05) is 11.8 Å². The molecule has 0 aliphatic rings. The number of aryl methyl sites for hydroxylation is 2. The summed E-state index contributed by atoms with van der Waals surface area (Å²) in [5.41, 5.74) is 1.01. The van der Waals surface area contributed by atoms with Crippen molar-refractivity contribution in [3.63, 3.8) is 0 Å². The summed E-state index contributed by atoms with van der Waals surface area (Å²) in [6.45, 7) is 9.56. The zero-order valence-corrected chi connectivity index (χ0v) is 12.9. The average molecular weight is 270 g/mol. The Morgan fingerprint density at radius 3 is 2.72 bits per heavy atom. The molecule has 1 N–H and O–H groups in total. The van der Waals surface area contributed by atoms with E-state index in [0.717, 1.165) is 29.0 Å². The van der Waals surface area contributed by atoms with Gasteiger partial charge in [0.15, 0.2) is 0 Å². The highest BCUT2D eigenvalue weighted by molar-refractivity contribution is 7.99. The second-order valence-corrected chi connectivity index (χ2v) is 5.87. The summed E-state index contributed by atoms with van der Waals surface area (Å²) in [7, 11) is 0. The van der Waals surface area contributed by atoms with Crippen molar-refractivity contribution in [2.45, 2.75) is 64.6 Å². The van der Waals surface area contributed by atoms with Crippen molar-refractivity contribution in [3.05, 3.63) is 11.5 Å². The Bertz CT molecular complexity index is 319. The van der Waals surface area contributed by atoms with E-state index in [0.29, 0.717) is 6.04 Å². The maximum atomic E-state index is 5.53. The number of hydrogen-bond donors (Lipinski definition) is 1. The van der Waals surface area contributed by atoms with Gasteiger partial charge in [0.2, 0.25) is 0 Å². The monoisotopic (exact) mass is 270 g/mol. The minimum Gasteiger partial charge on any atom is -0.437 e. The number of nitrogens with zero attached hydrogens (tertiary/aromatic N) is 1. The first kappa shape index (κ1) is 15.6. The molecule has 18 heavy (non-hydrogen) atoms. The van der Waals surface area contributed by atoms with Crippen LogP contribution >= 0.6 is 11.8 Å². The van der Waals surface area contributed by atoms with E-state index in [-0.39, 0.29) is 0 Å². The van der Waals surface area contributed by atoms with Crippen molar-refractivity contribution in [2.24, 2.45) is 0 Å². The molecular formula is C14H26N2OS. The topological polar surface area (TPSA) is 38.1 Å². The lowest BCUT2D eigenvalue weighted by Crippen LogP contribution is -2.26. The van der Waals surface area contributed by atoms with Gasteiger partial charge < -0.3 is 9.73 Å². The Labute approximate surface area is 115 Å². The van der Waals surface area contributed by atoms with Crippen molar-refractivity contribution < 1.29 is 4.42 Å². The van der Waals surface area contributed by atoms with E-state index in [1.807, 2.05) is 13.8 Å². The van der Waals surface area contributed by atoms with Gasteiger partial charge in [-0.15, -0.1) is 0 Å². The largest absolute Gasteiger partial charge is 0.437 e. The third-order valence-corrected chi connectivity index (χ3v) is 3.92. The highest BCUT2D eigenvalue weighted by Crippen LogP contribution is 2.21. The second-order valence-electron chi connectivity index (χ2n) is 4.82. The van der Waals surface area contributed by atoms with Gasteiger partial charge in [-0.3, -0.25) is 0 Å². The van der Waals surface area contributed by atoms with Crippen LogP contribution in [0.2, 0.25) is 0 Å². The highest BCUT2D eigenvalue weighted by atomic mass is 32.2. The van der Waals surface area contributed by atoms with Crippen LogP contribution in [0.1, 0.15) is 51.0 Å². The number of oxazole rings is 1. The summed E-state index contributed by atoms with van der Waals surface area (Å²) in [5.74, 6) is 2.04. The molecule has 1 rings (SSSR count). The van der Waals surface area contributed by atoms with Gasteiger partial charge in [-0.25, -0.2) is 4.98 Å². The van der Waals surface area contributed by atoms with Gasteiger partial charge in [0.1, 0.15) is 5.76 Å². The molecule has 1 atom stereocenters. The zero-order valence-electron chi connectivity index (χ0n) is 12.1. The third kappa shape index (κ3) is 5.91. The Morgan fingerprint density at radius 2 is 2.11 bits per heavy atom. The van der Waals surface area contributed by atoms with E-state index >= 15 is 0 Å². The van der Waals surface area contributed by atoms with Crippen LogP contribution in [0, 0.1) is 13.8 Å². The lowest BCUT2D eigenvalue weighted by atomic mass is 10.1. The van der Waals surface area contributed by atoms with Gasteiger partial charge in [-0.1, -0.05) is 25.1 Å². The molecular weight excluding hydrogens is 244 g/mol. The normalized spacial score (nSPS) is 12.9. The maximum Gasteiger partial charge on any atom is 0.256 e. The molecule has 3 nitrogen and oxygen atoms in total. The van der Waals surface area contributed by atoms with E-state index in [9.17, 15) is 0 Å². The van der Waals surface area contributed by atoms with E-state index < -0.39 is 0 Å². The van der Waals surface area contributed by atoms with Gasteiger partial charge in [-0.05, 0) is 46.6 Å². The van der Waals surface area contributed by atoms with Gasteiger partial charge in [0.05, 0.1) is 5.69 Å². The van der Waals surface area contributed by atoms with E-state index in [2.05, 4.69) is 24.1 Å². The number of hydrogen-bond acceptors (Lipinski definition) is 4. The standard InChI is InChI=1S/C14H26N2OS/c1-5-9-15-11(2)8-6-7-10-18-14-16-12(3)13(4)17-14/h11,15H,5-10H2,1-4H3. The van der Waals surface area contributed by atoms with Crippen molar-refractivity contribution in [3.8, 4) is 0 Å². The fraction of sp³-hybridized carbons (Fsp3) is 0.786. The van der Waals surface area contributed by atoms with Crippen molar-refractivity contribution in [2.75, 3.05) is 12.3 Å². The lowest BCUT2D eigenvalue weighted by Gasteiger charge is -2.12. The predicted molar refractivity (Wildman–Crippen MR) is 78.3 cm³/mol. The summed E-state index contributed by atoms with van der Waals surface area (Å²) in [6, 6.07) is 0.640. The number of unbranched alkanes of at least 4 members (excludes halogenated alkanes) is 1. The maximum absolute atomic E-state index is 5.53. The average Bonchev–Trinajstić information content (AvgIpc) is 2.65. The Balaban J connectivity index is 2.05. The van der Waals surface area contributed by atoms with Gasteiger partial charge >= 0.3 is 0 Å². The Hall–Kier alpha value is -0.480. The predicted octanol–water partition coefficient (Wildman–Crippen LogP) is 3.94. The second kappa shape index (κ2) is 8.59. The number of aromatic nitrogens is 1. The van der Waals surface area contributed by atoms with E-state index in [1.165, 1.54) is 25.7 Å². The summed E-state index contributed by atoms with van der Waals surface area (Å²) >= 11 is 1.73. The van der Waals surface area contributed by atoms with Crippen LogP contribution in [-0.4, -0.2) is 23.3 Å². The molecule has 0 aliphatic heterocycles. The lowest BCUT2D eigenvalue weighted by molar-refractivity contribution is 0.431. The van der Waals surface area contributed by atoms with E-state index in [1.54, 1.807) is 11.8 Å². The Morgan fingerprint density at radius 1 is 1.33 bits per heavy atom. The van der Waals surface area contributed by atoms with Crippen LogP contribution < -0.4 is 5.32 Å². The first-order valence-corrected chi connectivity index (χ1v) is 7.92. The van der Waals surface area contributed by atoms with Crippen LogP contribution in [-0.2, 0) is 0 Å². The highest BCUT2D eigenvalue weighted by Gasteiger charge is 2.06. The molecule has 0 radical (unpaired) electrons. The van der Waals surface area contributed by atoms with Crippen LogP contribution in [0.3, 0.4) is 0 Å². The quantitative estimate of drug-likeness (QED) is 0.545. The molecule has 0 fully saturated rings. The SMILES string of the molecule is CCCNC(C)CCCCSc1nc(C)c(C)o1. The molecule has 0 saturated carbocycles. The van der Waals surface area contributed by atoms with Crippen molar-refractivity contribution in [1.29, 1.82) is 0 Å². The Kier molecular flexibility index (Phi) is 7.44. The summed E-state index contributed by atoms with van der Waals surface area (Å²) < 4.78 is 5.53. The third-order valence-electron chi connectivity index (χ3n) is 3.01. The van der Waals surface area contributed by atoms with Crippen LogP contribution in [0.25, 0.3) is 0 Å². The molecule has 0 aliphatic carbocycles. The summed E-state index contributed by atoms with van der Waals surface area (Å²) in [6.07, 6.45) is 4.96. The van der Waals surface area contributed by atoms with Crippen LogP contribution in [0.4, 0.5) is 0 Å². The fourth-order valence-electron chi connectivity index (χ4n) is 1.71. The van der Waals surface area contributed by atoms with Crippen LogP contribution in [0.15, 0.2) is 9.64 Å². The fourth-order valence-corrected chi connectivity index (χ4v) is 2.62. The summed E-state index contributed by atoms with van der Waals surface area (Å²) in [4.78, 5) is 4.37. The zero-order chi connectivity index (χ0) is 13.4. The minimum absolute atomic E-state index is 0.640. The molecule has 0 bridgehead atoms. The van der Waals surface area contributed by atoms with E-state index in [4.69, 9.17) is 4.42 Å². The molecule has 1 unspecified atom stereocenters. The van der Waals surface area contributed by atoms with Crippen molar-refractivity contribution in [1.82, 2.24) is 10.3 Å². The minimum atomic E-state index is 0.640. The number of thioether (sulfide) groups is 1. The first-order valence-electron chi connectivity index (χ1n) is 6.93. The molecule has 0 spiro atoms. The van der Waals surface area contributed by atoms with Crippen LogP contribution in [0.5, 0.6) is 0 Å². The molecule has 104 valence electrons. The molecule has 0 saturated heterocycles. The van der Waals surface area contributed by atoms with Gasteiger partial charge in [0.25, 0.3) is 5.22 Å². The van der Waals surface area contributed by atoms with Crippen molar-refractivity contribution >= 4 is 11.8 Å². The van der Waals surface area contributed by atoms with Gasteiger partial charge in [-0.2, -0.15) is 0 Å². The smallest absolute Gasteiger partial charge is 0.256 e. The first-order chi connectivity index (χ1) is 8.63.